The second kappa shape index (κ2) is 10.1. The Balaban J connectivity index is 1.57. The van der Waals surface area contributed by atoms with Gasteiger partial charge in [-0.25, -0.2) is 4.98 Å². The number of fused-ring (bicyclic) bond motifs is 3. The van der Waals surface area contributed by atoms with Crippen LogP contribution in [0.2, 0.25) is 0 Å². The summed E-state index contributed by atoms with van der Waals surface area (Å²) in [5, 5.41) is 1.28. The average molecular weight is 499 g/mol. The molecule has 0 saturated carbocycles. The summed E-state index contributed by atoms with van der Waals surface area (Å²) in [5.74, 6) is 1.06. The van der Waals surface area contributed by atoms with Gasteiger partial charge in [0.1, 0.15) is 10.6 Å². The van der Waals surface area contributed by atoms with Gasteiger partial charge in [0.15, 0.2) is 5.16 Å². The van der Waals surface area contributed by atoms with Gasteiger partial charge >= 0.3 is 0 Å². The lowest BCUT2D eigenvalue weighted by atomic mass is 10.1. The lowest BCUT2D eigenvalue weighted by Crippen LogP contribution is -2.36. The van der Waals surface area contributed by atoms with Gasteiger partial charge in [0, 0.05) is 37.1 Å². The maximum atomic E-state index is 13.9. The van der Waals surface area contributed by atoms with Gasteiger partial charge in [-0.1, -0.05) is 24.8 Å². The molecular formula is C25H30N4O3S2. The molecule has 9 heteroatoms. The first kappa shape index (κ1) is 23.4. The zero-order chi connectivity index (χ0) is 23.7. The van der Waals surface area contributed by atoms with E-state index in [1.54, 1.807) is 23.0 Å². The SMILES string of the molecule is CCN1CCc2c(sc3nc(SCC(=O)N4CCCCC4)n(-c4cccc(OC)c4)c(=O)c23)C1. The molecule has 1 aromatic carbocycles. The van der Waals surface area contributed by atoms with E-state index in [-0.39, 0.29) is 17.2 Å². The molecule has 2 aliphatic heterocycles. The van der Waals surface area contributed by atoms with E-state index in [1.165, 1.54) is 23.1 Å². The second-order valence-electron chi connectivity index (χ2n) is 8.77. The van der Waals surface area contributed by atoms with E-state index in [9.17, 15) is 9.59 Å². The first-order valence-corrected chi connectivity index (χ1v) is 13.7. The number of likely N-dealkylation sites (tertiary alicyclic amines) is 1. The summed E-state index contributed by atoms with van der Waals surface area (Å²) >= 11 is 2.97. The molecule has 0 atom stereocenters. The Hall–Kier alpha value is -2.36. The van der Waals surface area contributed by atoms with Crippen molar-refractivity contribution in [3.05, 3.63) is 45.1 Å². The largest absolute Gasteiger partial charge is 0.497 e. The number of thioether (sulfide) groups is 1. The Kier molecular flexibility index (Phi) is 6.94. The molecule has 34 heavy (non-hydrogen) atoms. The third-order valence-corrected chi connectivity index (χ3v) is 8.75. The number of carbonyl (C=O) groups excluding carboxylic acids is 1. The van der Waals surface area contributed by atoms with Crippen LogP contribution in [-0.4, -0.2) is 64.3 Å². The number of thiophene rings is 1. The third kappa shape index (κ3) is 4.48. The zero-order valence-electron chi connectivity index (χ0n) is 19.7. The first-order valence-electron chi connectivity index (χ1n) is 11.9. The van der Waals surface area contributed by atoms with Crippen molar-refractivity contribution in [2.45, 2.75) is 44.3 Å². The smallest absolute Gasteiger partial charge is 0.267 e. The molecule has 1 fully saturated rings. The lowest BCUT2D eigenvalue weighted by molar-refractivity contribution is -0.129. The van der Waals surface area contributed by atoms with E-state index < -0.39 is 0 Å². The van der Waals surface area contributed by atoms with Crippen molar-refractivity contribution in [3.8, 4) is 11.4 Å². The van der Waals surface area contributed by atoms with Gasteiger partial charge in [-0.05, 0) is 49.9 Å². The van der Waals surface area contributed by atoms with Crippen LogP contribution >= 0.6 is 23.1 Å². The Labute approximate surface area is 207 Å². The first-order chi connectivity index (χ1) is 16.6. The minimum absolute atomic E-state index is 0.0615. The van der Waals surface area contributed by atoms with Crippen LogP contribution in [0.15, 0.2) is 34.2 Å². The number of piperidine rings is 1. The van der Waals surface area contributed by atoms with Crippen LogP contribution in [0, 0.1) is 0 Å². The topological polar surface area (TPSA) is 67.7 Å². The highest BCUT2D eigenvalue weighted by atomic mass is 32.2. The molecule has 0 unspecified atom stereocenters. The van der Waals surface area contributed by atoms with Crippen LogP contribution < -0.4 is 10.3 Å². The molecule has 2 aromatic heterocycles. The molecular weight excluding hydrogens is 468 g/mol. The molecule has 180 valence electrons. The lowest BCUT2D eigenvalue weighted by Gasteiger charge is -2.26. The predicted molar refractivity (Wildman–Crippen MR) is 138 cm³/mol. The molecule has 0 N–H and O–H groups in total. The fourth-order valence-corrected chi connectivity index (χ4v) is 7.00. The molecule has 1 saturated heterocycles. The van der Waals surface area contributed by atoms with Gasteiger partial charge in [-0.3, -0.25) is 19.1 Å². The van der Waals surface area contributed by atoms with Crippen LogP contribution in [0.25, 0.3) is 15.9 Å². The maximum absolute atomic E-state index is 13.9. The van der Waals surface area contributed by atoms with Crippen molar-refractivity contribution in [3.63, 3.8) is 0 Å². The Morgan fingerprint density at radius 3 is 2.79 bits per heavy atom. The normalized spacial score (nSPS) is 16.6. The standard InChI is InChI=1S/C25H30N4O3S2/c1-3-27-13-10-19-20(15-27)34-23-22(19)24(31)29(17-8-7-9-18(14-17)32-2)25(26-23)33-16-21(30)28-11-5-4-6-12-28/h7-9,14H,3-6,10-13,15-16H2,1-2H3. The van der Waals surface area contributed by atoms with Crippen LogP contribution in [0.5, 0.6) is 5.75 Å². The molecule has 4 heterocycles. The summed E-state index contributed by atoms with van der Waals surface area (Å²) in [7, 11) is 1.62. The molecule has 5 rings (SSSR count). The highest BCUT2D eigenvalue weighted by molar-refractivity contribution is 7.99. The van der Waals surface area contributed by atoms with E-state index in [2.05, 4.69) is 11.8 Å². The van der Waals surface area contributed by atoms with E-state index in [1.807, 2.05) is 29.2 Å². The van der Waals surface area contributed by atoms with E-state index in [0.29, 0.717) is 16.6 Å². The third-order valence-electron chi connectivity index (χ3n) is 6.72. The van der Waals surface area contributed by atoms with E-state index >= 15 is 0 Å². The molecule has 1 amide bonds. The number of hydrogen-bond donors (Lipinski definition) is 0. The van der Waals surface area contributed by atoms with Crippen LogP contribution in [0.1, 0.15) is 36.6 Å². The monoisotopic (exact) mass is 498 g/mol. The molecule has 3 aromatic rings. The second-order valence-corrected chi connectivity index (χ2v) is 10.8. The average Bonchev–Trinajstić information content (AvgIpc) is 3.25. The zero-order valence-corrected chi connectivity index (χ0v) is 21.3. The number of carbonyl (C=O) groups is 1. The van der Waals surface area contributed by atoms with Crippen LogP contribution in [-0.2, 0) is 17.8 Å². The van der Waals surface area contributed by atoms with Crippen LogP contribution in [0.3, 0.4) is 0 Å². The van der Waals surface area contributed by atoms with Gasteiger partial charge in [0.25, 0.3) is 5.56 Å². The molecule has 0 bridgehead atoms. The highest BCUT2D eigenvalue weighted by Gasteiger charge is 2.26. The summed E-state index contributed by atoms with van der Waals surface area (Å²) < 4.78 is 7.08. The number of rotatable bonds is 6. The van der Waals surface area contributed by atoms with Crippen molar-refractivity contribution in [1.29, 1.82) is 0 Å². The van der Waals surface area contributed by atoms with Gasteiger partial charge in [0.05, 0.1) is 23.9 Å². The Morgan fingerprint density at radius 1 is 1.21 bits per heavy atom. The molecule has 7 nitrogen and oxygen atoms in total. The number of benzene rings is 1. The number of methoxy groups -OCH3 is 1. The summed E-state index contributed by atoms with van der Waals surface area (Å²) in [6.07, 6.45) is 4.16. The van der Waals surface area contributed by atoms with Gasteiger partial charge in [0.2, 0.25) is 5.91 Å². The molecule has 0 radical (unpaired) electrons. The van der Waals surface area contributed by atoms with Crippen LogP contribution in [0.4, 0.5) is 0 Å². The van der Waals surface area contributed by atoms with E-state index in [4.69, 9.17) is 9.72 Å². The fraction of sp³-hybridized carbons (Fsp3) is 0.480. The number of aromatic nitrogens is 2. The number of hydrogen-bond acceptors (Lipinski definition) is 7. The van der Waals surface area contributed by atoms with Crippen molar-refractivity contribution in [1.82, 2.24) is 19.4 Å². The molecule has 0 aliphatic carbocycles. The summed E-state index contributed by atoms with van der Waals surface area (Å²) in [6, 6.07) is 7.48. The summed E-state index contributed by atoms with van der Waals surface area (Å²) in [5.41, 5.74) is 1.78. The Bertz CT molecular complexity index is 1260. The number of likely N-dealkylation sites (N-methyl/N-ethyl adjacent to an activating group) is 1. The number of amides is 1. The van der Waals surface area contributed by atoms with Crippen molar-refractivity contribution < 1.29 is 9.53 Å². The minimum Gasteiger partial charge on any atom is -0.497 e. The number of nitrogens with zero attached hydrogens (tertiary/aromatic N) is 4. The quantitative estimate of drug-likeness (QED) is 0.379. The van der Waals surface area contributed by atoms with Gasteiger partial charge < -0.3 is 9.64 Å². The fourth-order valence-electron chi connectivity index (χ4n) is 4.78. The predicted octanol–water partition coefficient (Wildman–Crippen LogP) is 3.94. The van der Waals surface area contributed by atoms with E-state index in [0.717, 1.165) is 67.8 Å². The maximum Gasteiger partial charge on any atom is 0.267 e. The Morgan fingerprint density at radius 2 is 2.03 bits per heavy atom. The van der Waals surface area contributed by atoms with Crippen molar-refractivity contribution >= 4 is 39.2 Å². The minimum atomic E-state index is -0.0615. The van der Waals surface area contributed by atoms with Crippen molar-refractivity contribution in [2.24, 2.45) is 0 Å². The summed E-state index contributed by atoms with van der Waals surface area (Å²) in [4.78, 5) is 38.1. The molecule has 0 spiro atoms. The van der Waals surface area contributed by atoms with Gasteiger partial charge in [-0.15, -0.1) is 11.3 Å². The summed E-state index contributed by atoms with van der Waals surface area (Å²) in [6.45, 7) is 6.62. The molecule has 2 aliphatic rings. The van der Waals surface area contributed by atoms with Crippen molar-refractivity contribution in [2.75, 3.05) is 39.0 Å². The number of ether oxygens (including phenoxy) is 1. The highest BCUT2D eigenvalue weighted by Crippen LogP contribution is 2.34. The van der Waals surface area contributed by atoms with Gasteiger partial charge in [-0.2, -0.15) is 0 Å².